The molecule has 2 atom stereocenters. The summed E-state index contributed by atoms with van der Waals surface area (Å²) >= 11 is 20.6. The van der Waals surface area contributed by atoms with E-state index in [0.29, 0.717) is 36.4 Å². The SMILES string of the molecule is O=C(COc1ccc(Cl)cc1)N[C@@H]1C(=O)N2C(C(=O)O)=C(Sc3cc(Cl)ccc3Cl)CS[C@@H]12. The first-order valence-electron chi connectivity index (χ1n) is 9.46. The molecule has 4 rings (SSSR count). The van der Waals surface area contributed by atoms with Crippen LogP contribution in [-0.2, 0) is 14.4 Å². The number of β-lactam (4-membered cyclic amide) rings is 1. The number of fused-ring (bicyclic) bond motifs is 1. The van der Waals surface area contributed by atoms with Crippen LogP contribution in [0.1, 0.15) is 0 Å². The minimum atomic E-state index is -1.23. The number of hydrogen-bond donors (Lipinski definition) is 2. The van der Waals surface area contributed by atoms with Crippen molar-refractivity contribution in [2.45, 2.75) is 16.3 Å². The molecule has 2 amide bonds. The van der Waals surface area contributed by atoms with E-state index < -0.39 is 29.2 Å². The zero-order chi connectivity index (χ0) is 23.7. The highest BCUT2D eigenvalue weighted by Crippen LogP contribution is 2.46. The van der Waals surface area contributed by atoms with E-state index in [1.807, 2.05) is 0 Å². The topological polar surface area (TPSA) is 95.9 Å². The molecule has 0 saturated carbocycles. The summed E-state index contributed by atoms with van der Waals surface area (Å²) in [5, 5.41) is 13.3. The average molecular weight is 546 g/mol. The highest BCUT2D eigenvalue weighted by Gasteiger charge is 2.54. The maximum absolute atomic E-state index is 12.8. The van der Waals surface area contributed by atoms with E-state index >= 15 is 0 Å². The van der Waals surface area contributed by atoms with Crippen LogP contribution in [0.25, 0.3) is 0 Å². The van der Waals surface area contributed by atoms with Crippen LogP contribution in [0.4, 0.5) is 0 Å². The van der Waals surface area contributed by atoms with Crippen LogP contribution in [0.2, 0.25) is 15.1 Å². The molecule has 2 aliphatic heterocycles. The summed E-state index contributed by atoms with van der Waals surface area (Å²) in [6.07, 6.45) is 0. The minimum absolute atomic E-state index is 0.118. The lowest BCUT2D eigenvalue weighted by molar-refractivity contribution is -0.150. The van der Waals surface area contributed by atoms with Gasteiger partial charge in [0.05, 0.1) is 5.02 Å². The number of carbonyl (C=O) groups is 3. The van der Waals surface area contributed by atoms with Gasteiger partial charge in [-0.15, -0.1) is 11.8 Å². The lowest BCUT2D eigenvalue weighted by Gasteiger charge is -2.49. The second kappa shape index (κ2) is 10.1. The maximum Gasteiger partial charge on any atom is 0.353 e. The van der Waals surface area contributed by atoms with Crippen molar-refractivity contribution in [3.05, 3.63) is 68.1 Å². The molecule has 172 valence electrons. The lowest BCUT2D eigenvalue weighted by atomic mass is 10.1. The number of benzene rings is 2. The van der Waals surface area contributed by atoms with E-state index in [9.17, 15) is 19.5 Å². The molecule has 0 bridgehead atoms. The molecule has 12 heteroatoms. The molecule has 0 aromatic heterocycles. The predicted octanol–water partition coefficient (Wildman–Crippen LogP) is 4.51. The van der Waals surface area contributed by atoms with Crippen molar-refractivity contribution < 1.29 is 24.2 Å². The van der Waals surface area contributed by atoms with Crippen molar-refractivity contribution in [1.29, 1.82) is 0 Å². The third-order valence-corrected chi connectivity index (χ3v) is 8.30. The number of carboxylic acid groups (broad SMARTS) is 1. The Bertz CT molecular complexity index is 1160. The van der Waals surface area contributed by atoms with Crippen molar-refractivity contribution in [3.8, 4) is 5.75 Å². The quantitative estimate of drug-likeness (QED) is 0.494. The largest absolute Gasteiger partial charge is 0.484 e. The summed E-state index contributed by atoms with van der Waals surface area (Å²) in [6, 6.07) is 10.6. The summed E-state index contributed by atoms with van der Waals surface area (Å²) in [6.45, 7) is -0.293. The van der Waals surface area contributed by atoms with Gasteiger partial charge in [0.1, 0.15) is 22.9 Å². The number of nitrogens with one attached hydrogen (secondary N) is 1. The average Bonchev–Trinajstić information content (AvgIpc) is 2.79. The fraction of sp³-hybridized carbons (Fsp3) is 0.190. The zero-order valence-corrected chi connectivity index (χ0v) is 20.5. The Morgan fingerprint density at radius 2 is 1.85 bits per heavy atom. The van der Waals surface area contributed by atoms with E-state index in [0.717, 1.165) is 11.8 Å². The molecule has 2 aromatic rings. The van der Waals surface area contributed by atoms with Crippen molar-refractivity contribution in [2.75, 3.05) is 12.4 Å². The molecule has 1 saturated heterocycles. The van der Waals surface area contributed by atoms with Crippen molar-refractivity contribution in [1.82, 2.24) is 10.2 Å². The van der Waals surface area contributed by atoms with Gasteiger partial charge in [-0.1, -0.05) is 46.6 Å². The third kappa shape index (κ3) is 5.22. The third-order valence-electron chi connectivity index (χ3n) is 4.76. The van der Waals surface area contributed by atoms with Crippen LogP contribution in [0.5, 0.6) is 5.75 Å². The number of carboxylic acids is 1. The van der Waals surface area contributed by atoms with Crippen molar-refractivity contribution in [2.24, 2.45) is 0 Å². The van der Waals surface area contributed by atoms with Gasteiger partial charge in [0.25, 0.3) is 11.8 Å². The number of rotatable bonds is 7. The zero-order valence-electron chi connectivity index (χ0n) is 16.6. The fourth-order valence-corrected chi connectivity index (χ4v) is 6.38. The standard InChI is InChI=1S/C21H15Cl3N2O5S2/c22-10-1-4-12(5-2-10)31-8-16(27)25-17-19(28)26-18(21(29)30)15(9-32-20(17)26)33-14-7-11(23)3-6-13(14)24/h1-7,17,20H,8-9H2,(H,25,27)(H,29,30)/t17-,20+/m1/s1. The second-order valence-corrected chi connectivity index (χ2v) is 10.5. The first-order chi connectivity index (χ1) is 15.7. The number of carbonyl (C=O) groups excluding carboxylic acids is 2. The Morgan fingerprint density at radius 1 is 1.15 bits per heavy atom. The van der Waals surface area contributed by atoms with Crippen molar-refractivity contribution in [3.63, 3.8) is 0 Å². The molecular weight excluding hydrogens is 531 g/mol. The maximum atomic E-state index is 12.8. The smallest absolute Gasteiger partial charge is 0.353 e. The molecule has 0 radical (unpaired) electrons. The van der Waals surface area contributed by atoms with Gasteiger partial charge in [0, 0.05) is 25.6 Å². The summed E-state index contributed by atoms with van der Waals surface area (Å²) in [5.74, 6) is -1.43. The molecular formula is C21H15Cl3N2O5S2. The van der Waals surface area contributed by atoms with Gasteiger partial charge in [-0.3, -0.25) is 14.5 Å². The van der Waals surface area contributed by atoms with Crippen LogP contribution in [-0.4, -0.2) is 51.6 Å². The Morgan fingerprint density at radius 3 is 2.55 bits per heavy atom. The molecule has 7 nitrogen and oxygen atoms in total. The molecule has 2 aliphatic rings. The highest BCUT2D eigenvalue weighted by molar-refractivity contribution is 8.06. The summed E-state index contributed by atoms with van der Waals surface area (Å²) in [4.78, 5) is 39.3. The molecule has 0 aliphatic carbocycles. The van der Waals surface area contributed by atoms with E-state index in [4.69, 9.17) is 39.5 Å². The van der Waals surface area contributed by atoms with Crippen molar-refractivity contribution >= 4 is 76.1 Å². The number of aliphatic carboxylic acids is 1. The Kier molecular flexibility index (Phi) is 7.35. The van der Waals surface area contributed by atoms with Crippen LogP contribution in [0, 0.1) is 0 Å². The summed E-state index contributed by atoms with van der Waals surface area (Å²) < 4.78 is 5.39. The van der Waals surface area contributed by atoms with E-state index in [1.54, 1.807) is 42.5 Å². The second-order valence-electron chi connectivity index (χ2n) is 6.95. The molecule has 2 N–H and O–H groups in total. The van der Waals surface area contributed by atoms with E-state index in [-0.39, 0.29) is 12.3 Å². The van der Waals surface area contributed by atoms with E-state index in [1.165, 1.54) is 16.7 Å². The van der Waals surface area contributed by atoms with Gasteiger partial charge in [-0.25, -0.2) is 4.79 Å². The van der Waals surface area contributed by atoms with Gasteiger partial charge < -0.3 is 15.2 Å². The molecule has 0 spiro atoms. The number of halogens is 3. The van der Waals surface area contributed by atoms with Gasteiger partial charge in [0.2, 0.25) is 0 Å². The fourth-order valence-electron chi connectivity index (χ4n) is 3.25. The monoisotopic (exact) mass is 544 g/mol. The Hall–Kier alpha value is -2.04. The number of thioether (sulfide) groups is 2. The van der Waals surface area contributed by atoms with Gasteiger partial charge in [0.15, 0.2) is 6.61 Å². The highest BCUT2D eigenvalue weighted by atomic mass is 35.5. The van der Waals surface area contributed by atoms with Gasteiger partial charge >= 0.3 is 5.97 Å². The first kappa shape index (κ1) is 24.1. The lowest BCUT2D eigenvalue weighted by Crippen LogP contribution is -2.70. The Labute approximate surface area is 212 Å². The van der Waals surface area contributed by atoms with Crippen LogP contribution < -0.4 is 10.1 Å². The number of ether oxygens (including phenoxy) is 1. The first-order valence-corrected chi connectivity index (χ1v) is 12.5. The summed E-state index contributed by atoms with van der Waals surface area (Å²) in [7, 11) is 0. The van der Waals surface area contributed by atoms with Gasteiger partial charge in [-0.05, 0) is 42.5 Å². The number of amides is 2. The number of nitrogens with zero attached hydrogens (tertiary/aromatic N) is 1. The normalized spacial score (nSPS) is 19.6. The predicted molar refractivity (Wildman–Crippen MR) is 129 cm³/mol. The Balaban J connectivity index is 1.44. The summed E-state index contributed by atoms with van der Waals surface area (Å²) in [5.41, 5.74) is -0.118. The molecule has 2 aromatic carbocycles. The van der Waals surface area contributed by atoms with Crippen LogP contribution in [0.15, 0.2) is 58.0 Å². The minimum Gasteiger partial charge on any atom is -0.484 e. The van der Waals surface area contributed by atoms with E-state index in [2.05, 4.69) is 5.32 Å². The molecule has 1 fully saturated rings. The molecule has 0 unspecified atom stereocenters. The van der Waals surface area contributed by atoms with Crippen LogP contribution >= 0.6 is 58.3 Å². The molecule has 33 heavy (non-hydrogen) atoms. The van der Waals surface area contributed by atoms with Gasteiger partial charge in [-0.2, -0.15) is 0 Å². The van der Waals surface area contributed by atoms with Crippen LogP contribution in [0.3, 0.4) is 0 Å². The molecule has 2 heterocycles. The number of hydrogen-bond acceptors (Lipinski definition) is 6.